The summed E-state index contributed by atoms with van der Waals surface area (Å²) < 4.78 is 13.2. The number of hydrogen-bond acceptors (Lipinski definition) is 4. The van der Waals surface area contributed by atoms with E-state index in [4.69, 9.17) is 5.11 Å². The van der Waals surface area contributed by atoms with Crippen LogP contribution in [0.2, 0.25) is 0 Å². The third kappa shape index (κ3) is 2.79. The molecule has 0 aliphatic heterocycles. The third-order valence-electron chi connectivity index (χ3n) is 2.31. The second-order valence-corrected chi connectivity index (χ2v) is 3.55. The molecule has 1 aromatic heterocycles. The van der Waals surface area contributed by atoms with Crippen molar-refractivity contribution in [2.45, 2.75) is 6.54 Å². The van der Waals surface area contributed by atoms with E-state index in [-0.39, 0.29) is 5.56 Å². The molecule has 2 rings (SSSR count). The number of benzene rings is 1. The summed E-state index contributed by atoms with van der Waals surface area (Å²) in [5.41, 5.74) is 0.918. The Kier molecular flexibility index (Phi) is 3.47. The van der Waals surface area contributed by atoms with E-state index in [0.717, 1.165) is 11.8 Å². The van der Waals surface area contributed by atoms with Crippen LogP contribution in [0.25, 0.3) is 0 Å². The fraction of sp³-hybridized carbons (Fsp3) is 0.0833. The quantitative estimate of drug-likeness (QED) is 0.863. The summed E-state index contributed by atoms with van der Waals surface area (Å²) in [5.74, 6) is -2.05. The Morgan fingerprint density at radius 1 is 1.39 bits per heavy atom. The first-order chi connectivity index (χ1) is 8.66. The fourth-order valence-corrected chi connectivity index (χ4v) is 1.41. The number of aromatic carboxylic acids is 1. The lowest BCUT2D eigenvalue weighted by atomic mass is 10.2. The van der Waals surface area contributed by atoms with Crippen LogP contribution in [0.3, 0.4) is 0 Å². The normalized spacial score (nSPS) is 10.1. The monoisotopic (exact) mass is 247 g/mol. The van der Waals surface area contributed by atoms with Crippen LogP contribution in [0.4, 0.5) is 10.1 Å². The van der Waals surface area contributed by atoms with Gasteiger partial charge >= 0.3 is 5.97 Å². The van der Waals surface area contributed by atoms with Crippen molar-refractivity contribution in [3.8, 4) is 0 Å². The van der Waals surface area contributed by atoms with Crippen molar-refractivity contribution >= 4 is 11.7 Å². The van der Waals surface area contributed by atoms with E-state index in [1.54, 1.807) is 12.3 Å². The van der Waals surface area contributed by atoms with Crippen molar-refractivity contribution in [2.24, 2.45) is 0 Å². The summed E-state index contributed by atoms with van der Waals surface area (Å²) in [6, 6.07) is 5.57. The Bertz CT molecular complexity index is 561. The summed E-state index contributed by atoms with van der Waals surface area (Å²) in [6.45, 7) is 0.410. The molecule has 0 unspecified atom stereocenters. The van der Waals surface area contributed by atoms with Crippen molar-refractivity contribution in [3.05, 3.63) is 53.9 Å². The van der Waals surface area contributed by atoms with Gasteiger partial charge in [-0.25, -0.2) is 19.2 Å². The number of carboxylic acid groups (broad SMARTS) is 1. The van der Waals surface area contributed by atoms with Crippen LogP contribution in [0.5, 0.6) is 0 Å². The Hall–Kier alpha value is -2.50. The highest BCUT2D eigenvalue weighted by atomic mass is 19.1. The third-order valence-corrected chi connectivity index (χ3v) is 2.31. The molecule has 0 spiro atoms. The maximum absolute atomic E-state index is 13.2. The number of aromatic nitrogens is 2. The summed E-state index contributed by atoms with van der Waals surface area (Å²) >= 11 is 0. The van der Waals surface area contributed by atoms with E-state index in [9.17, 15) is 9.18 Å². The standard InChI is InChI=1S/C12H10FN3O2/c13-11-2-1-8(5-10(11)12(17)18)15-6-9-3-4-14-7-16-9/h1-5,7,15H,6H2,(H,17,18). The number of rotatable bonds is 4. The van der Waals surface area contributed by atoms with Crippen molar-refractivity contribution in [1.82, 2.24) is 9.97 Å². The molecule has 0 atom stereocenters. The van der Waals surface area contributed by atoms with Gasteiger partial charge in [-0.05, 0) is 24.3 Å². The molecule has 1 aromatic carbocycles. The van der Waals surface area contributed by atoms with Gasteiger partial charge in [0.1, 0.15) is 12.1 Å². The average Bonchev–Trinajstić information content (AvgIpc) is 2.38. The van der Waals surface area contributed by atoms with Crippen LogP contribution < -0.4 is 5.32 Å². The van der Waals surface area contributed by atoms with E-state index < -0.39 is 11.8 Å². The molecular formula is C12H10FN3O2. The van der Waals surface area contributed by atoms with Crippen LogP contribution >= 0.6 is 0 Å². The van der Waals surface area contributed by atoms with Crippen molar-refractivity contribution < 1.29 is 14.3 Å². The predicted molar refractivity (Wildman–Crippen MR) is 62.7 cm³/mol. The summed E-state index contributed by atoms with van der Waals surface area (Å²) in [7, 11) is 0. The molecule has 0 radical (unpaired) electrons. The number of halogens is 1. The molecule has 5 nitrogen and oxygen atoms in total. The Morgan fingerprint density at radius 3 is 2.89 bits per heavy atom. The lowest BCUT2D eigenvalue weighted by Gasteiger charge is -2.07. The highest BCUT2D eigenvalue weighted by molar-refractivity contribution is 5.89. The van der Waals surface area contributed by atoms with Gasteiger partial charge in [0.2, 0.25) is 0 Å². The molecule has 0 aliphatic carbocycles. The molecule has 1 heterocycles. The van der Waals surface area contributed by atoms with Gasteiger partial charge in [0, 0.05) is 11.9 Å². The fourth-order valence-electron chi connectivity index (χ4n) is 1.41. The molecule has 0 saturated carbocycles. The predicted octanol–water partition coefficient (Wildman–Crippen LogP) is 1.93. The first kappa shape index (κ1) is 12.0. The minimum atomic E-state index is -1.29. The molecule has 2 N–H and O–H groups in total. The maximum Gasteiger partial charge on any atom is 0.338 e. The van der Waals surface area contributed by atoms with Crippen LogP contribution in [0, 0.1) is 5.82 Å². The molecule has 6 heteroatoms. The molecule has 92 valence electrons. The van der Waals surface area contributed by atoms with Gasteiger partial charge < -0.3 is 10.4 Å². The second-order valence-electron chi connectivity index (χ2n) is 3.55. The van der Waals surface area contributed by atoms with E-state index >= 15 is 0 Å². The van der Waals surface area contributed by atoms with Gasteiger partial charge in [0.25, 0.3) is 0 Å². The van der Waals surface area contributed by atoms with Crippen molar-refractivity contribution in [2.75, 3.05) is 5.32 Å². The summed E-state index contributed by atoms with van der Waals surface area (Å²) in [4.78, 5) is 18.5. The highest BCUT2D eigenvalue weighted by Crippen LogP contribution is 2.15. The van der Waals surface area contributed by atoms with Crippen LogP contribution in [-0.2, 0) is 6.54 Å². The molecule has 0 saturated heterocycles. The van der Waals surface area contributed by atoms with Gasteiger partial charge in [-0.1, -0.05) is 0 Å². The zero-order valence-corrected chi connectivity index (χ0v) is 9.30. The van der Waals surface area contributed by atoms with E-state index in [2.05, 4.69) is 15.3 Å². The molecule has 0 amide bonds. The van der Waals surface area contributed by atoms with Gasteiger partial charge in [0.05, 0.1) is 17.8 Å². The maximum atomic E-state index is 13.2. The van der Waals surface area contributed by atoms with E-state index in [1.807, 2.05) is 0 Å². The number of carboxylic acids is 1. The Balaban J connectivity index is 2.11. The molecule has 2 aromatic rings. The van der Waals surface area contributed by atoms with E-state index in [1.165, 1.54) is 18.5 Å². The number of nitrogens with one attached hydrogen (secondary N) is 1. The van der Waals surface area contributed by atoms with Crippen LogP contribution in [0.1, 0.15) is 16.1 Å². The molecule has 0 aliphatic rings. The zero-order chi connectivity index (χ0) is 13.0. The van der Waals surface area contributed by atoms with Crippen molar-refractivity contribution in [1.29, 1.82) is 0 Å². The van der Waals surface area contributed by atoms with Gasteiger partial charge in [0.15, 0.2) is 0 Å². The molecular weight excluding hydrogens is 237 g/mol. The topological polar surface area (TPSA) is 75.1 Å². The van der Waals surface area contributed by atoms with Gasteiger partial charge in [-0.15, -0.1) is 0 Å². The molecule has 0 bridgehead atoms. The largest absolute Gasteiger partial charge is 0.478 e. The summed E-state index contributed by atoms with van der Waals surface area (Å²) in [6.07, 6.45) is 3.03. The van der Waals surface area contributed by atoms with Crippen LogP contribution in [-0.4, -0.2) is 21.0 Å². The first-order valence-corrected chi connectivity index (χ1v) is 5.18. The lowest BCUT2D eigenvalue weighted by Crippen LogP contribution is -2.05. The minimum absolute atomic E-state index is 0.359. The SMILES string of the molecule is O=C(O)c1cc(NCc2ccncn2)ccc1F. The highest BCUT2D eigenvalue weighted by Gasteiger charge is 2.10. The minimum Gasteiger partial charge on any atom is -0.478 e. The number of carbonyl (C=O) groups is 1. The number of anilines is 1. The Labute approximate surface area is 102 Å². The Morgan fingerprint density at radius 2 is 2.22 bits per heavy atom. The average molecular weight is 247 g/mol. The van der Waals surface area contributed by atoms with E-state index in [0.29, 0.717) is 12.2 Å². The van der Waals surface area contributed by atoms with Crippen molar-refractivity contribution in [3.63, 3.8) is 0 Å². The number of hydrogen-bond donors (Lipinski definition) is 2. The number of nitrogens with zero attached hydrogens (tertiary/aromatic N) is 2. The zero-order valence-electron chi connectivity index (χ0n) is 9.30. The second kappa shape index (κ2) is 5.22. The first-order valence-electron chi connectivity index (χ1n) is 5.18. The van der Waals surface area contributed by atoms with Crippen LogP contribution in [0.15, 0.2) is 36.8 Å². The lowest BCUT2D eigenvalue weighted by molar-refractivity contribution is 0.0692. The smallest absolute Gasteiger partial charge is 0.338 e. The molecule has 18 heavy (non-hydrogen) atoms. The molecule has 0 fully saturated rings. The van der Waals surface area contributed by atoms with Gasteiger partial charge in [-0.3, -0.25) is 0 Å². The summed E-state index contributed by atoms with van der Waals surface area (Å²) in [5, 5.41) is 11.8. The van der Waals surface area contributed by atoms with Gasteiger partial charge in [-0.2, -0.15) is 0 Å².